The molecule has 1 aliphatic heterocycles. The number of halogens is 1. The molecular formula is C12H19IN4O2. The van der Waals surface area contributed by atoms with E-state index >= 15 is 0 Å². The monoisotopic (exact) mass is 378 g/mol. The summed E-state index contributed by atoms with van der Waals surface area (Å²) in [5.74, 6) is -0.0908. The van der Waals surface area contributed by atoms with Gasteiger partial charge in [0.05, 0.1) is 16.8 Å². The summed E-state index contributed by atoms with van der Waals surface area (Å²) in [6.07, 6.45) is 2.79. The molecule has 2 rings (SSSR count). The quantitative estimate of drug-likeness (QED) is 0.598. The predicted octanol–water partition coefficient (Wildman–Crippen LogP) is 0.477. The summed E-state index contributed by atoms with van der Waals surface area (Å²) in [5.41, 5.74) is 0.509. The average molecular weight is 378 g/mol. The van der Waals surface area contributed by atoms with Crippen molar-refractivity contribution in [1.82, 2.24) is 20.0 Å². The summed E-state index contributed by atoms with van der Waals surface area (Å²) in [6.45, 7) is 5.31. The molecule has 1 saturated heterocycles. The van der Waals surface area contributed by atoms with E-state index in [1.807, 2.05) is 13.2 Å². The van der Waals surface area contributed by atoms with E-state index in [1.54, 1.807) is 4.68 Å². The van der Waals surface area contributed by atoms with Gasteiger partial charge in [0.15, 0.2) is 5.69 Å². The van der Waals surface area contributed by atoms with Crippen LogP contribution in [-0.4, -0.2) is 60.0 Å². The molecule has 19 heavy (non-hydrogen) atoms. The smallest absolute Gasteiger partial charge is 0.272 e. The molecule has 0 saturated carbocycles. The van der Waals surface area contributed by atoms with E-state index in [4.69, 9.17) is 4.74 Å². The number of amides is 1. The van der Waals surface area contributed by atoms with Gasteiger partial charge in [-0.1, -0.05) is 0 Å². The highest BCUT2D eigenvalue weighted by atomic mass is 127. The van der Waals surface area contributed by atoms with Gasteiger partial charge >= 0.3 is 0 Å². The highest BCUT2D eigenvalue weighted by Crippen LogP contribution is 2.08. The molecule has 7 heteroatoms. The summed E-state index contributed by atoms with van der Waals surface area (Å²) in [6, 6.07) is 0. The van der Waals surface area contributed by atoms with Crippen LogP contribution in [0.3, 0.4) is 0 Å². The molecule has 1 aromatic heterocycles. The summed E-state index contributed by atoms with van der Waals surface area (Å²) in [7, 11) is 1.82. The van der Waals surface area contributed by atoms with Gasteiger partial charge < -0.3 is 10.1 Å². The molecule has 1 fully saturated rings. The largest absolute Gasteiger partial charge is 0.379 e. The van der Waals surface area contributed by atoms with E-state index in [-0.39, 0.29) is 5.91 Å². The lowest BCUT2D eigenvalue weighted by Gasteiger charge is -2.26. The van der Waals surface area contributed by atoms with Crippen molar-refractivity contribution >= 4 is 28.5 Å². The molecule has 0 spiro atoms. The number of rotatable bonds is 5. The Kier molecular flexibility index (Phi) is 5.59. The van der Waals surface area contributed by atoms with E-state index in [2.05, 4.69) is 37.9 Å². The van der Waals surface area contributed by atoms with E-state index in [1.165, 1.54) is 0 Å². The average Bonchev–Trinajstić information content (AvgIpc) is 2.75. The molecule has 1 N–H and O–H groups in total. The van der Waals surface area contributed by atoms with Crippen molar-refractivity contribution in [3.05, 3.63) is 15.5 Å². The van der Waals surface area contributed by atoms with Gasteiger partial charge in [-0.2, -0.15) is 5.10 Å². The van der Waals surface area contributed by atoms with Crippen molar-refractivity contribution in [2.75, 3.05) is 39.4 Å². The van der Waals surface area contributed by atoms with Gasteiger partial charge in [0.1, 0.15) is 0 Å². The Labute approximate surface area is 126 Å². The molecule has 1 amide bonds. The molecule has 6 nitrogen and oxygen atoms in total. The SMILES string of the molecule is Cn1cc(I)c(C(=O)NCCCN2CCOCC2)n1. The topological polar surface area (TPSA) is 59.4 Å². The standard InChI is InChI=1S/C12H19IN4O2/c1-16-9-10(13)11(15-16)12(18)14-3-2-4-17-5-7-19-8-6-17/h9H,2-8H2,1H3,(H,14,18). The maximum absolute atomic E-state index is 11.9. The van der Waals surface area contributed by atoms with Crippen LogP contribution in [-0.2, 0) is 11.8 Å². The van der Waals surface area contributed by atoms with Crippen molar-refractivity contribution in [2.45, 2.75) is 6.42 Å². The van der Waals surface area contributed by atoms with Crippen LogP contribution in [0.1, 0.15) is 16.9 Å². The molecule has 106 valence electrons. The Morgan fingerprint density at radius 1 is 1.53 bits per heavy atom. The summed E-state index contributed by atoms with van der Waals surface area (Å²) in [4.78, 5) is 14.3. The summed E-state index contributed by atoms with van der Waals surface area (Å²) in [5, 5.41) is 7.06. The molecule has 1 aromatic rings. The first-order chi connectivity index (χ1) is 9.16. The Bertz CT molecular complexity index is 429. The molecule has 1 aliphatic rings. The number of aromatic nitrogens is 2. The number of hydrogen-bond acceptors (Lipinski definition) is 4. The van der Waals surface area contributed by atoms with E-state index < -0.39 is 0 Å². The Hall–Kier alpha value is -0.670. The zero-order chi connectivity index (χ0) is 13.7. The van der Waals surface area contributed by atoms with Crippen LogP contribution in [0.5, 0.6) is 0 Å². The zero-order valence-corrected chi connectivity index (χ0v) is 13.2. The molecule has 0 aromatic carbocycles. The van der Waals surface area contributed by atoms with Crippen LogP contribution < -0.4 is 5.32 Å². The fourth-order valence-electron chi connectivity index (χ4n) is 2.03. The van der Waals surface area contributed by atoms with Crippen LogP contribution in [0.2, 0.25) is 0 Å². The predicted molar refractivity (Wildman–Crippen MR) is 80.1 cm³/mol. The first kappa shape index (κ1) is 14.7. The minimum atomic E-state index is -0.0908. The Morgan fingerprint density at radius 3 is 2.89 bits per heavy atom. The third-order valence-corrected chi connectivity index (χ3v) is 3.83. The van der Waals surface area contributed by atoms with Crippen molar-refractivity contribution in [3.8, 4) is 0 Å². The van der Waals surface area contributed by atoms with E-state index in [9.17, 15) is 4.79 Å². The zero-order valence-electron chi connectivity index (χ0n) is 11.1. The van der Waals surface area contributed by atoms with Crippen LogP contribution in [0.15, 0.2) is 6.20 Å². The molecule has 0 atom stereocenters. The highest BCUT2D eigenvalue weighted by molar-refractivity contribution is 14.1. The Balaban J connectivity index is 1.67. The van der Waals surface area contributed by atoms with E-state index in [0.29, 0.717) is 12.2 Å². The number of carbonyl (C=O) groups is 1. The molecular weight excluding hydrogens is 359 g/mol. The summed E-state index contributed by atoms with van der Waals surface area (Å²) < 4.78 is 7.83. The fraction of sp³-hybridized carbons (Fsp3) is 0.667. The van der Waals surface area contributed by atoms with Crippen LogP contribution >= 0.6 is 22.6 Å². The maximum Gasteiger partial charge on any atom is 0.272 e. The first-order valence-corrected chi connectivity index (χ1v) is 7.52. The minimum Gasteiger partial charge on any atom is -0.379 e. The normalized spacial score (nSPS) is 16.5. The lowest BCUT2D eigenvalue weighted by Crippen LogP contribution is -2.38. The third kappa shape index (κ3) is 4.43. The van der Waals surface area contributed by atoms with Gasteiger partial charge in [-0.15, -0.1) is 0 Å². The minimum absolute atomic E-state index is 0.0908. The molecule has 0 radical (unpaired) electrons. The number of ether oxygens (including phenoxy) is 1. The summed E-state index contributed by atoms with van der Waals surface area (Å²) >= 11 is 2.13. The second-order valence-electron chi connectivity index (χ2n) is 4.56. The third-order valence-electron chi connectivity index (χ3n) is 3.04. The number of aryl methyl sites for hydroxylation is 1. The van der Waals surface area contributed by atoms with Gasteiger partial charge in [0, 0.05) is 32.9 Å². The van der Waals surface area contributed by atoms with E-state index in [0.717, 1.165) is 42.8 Å². The Morgan fingerprint density at radius 2 is 2.26 bits per heavy atom. The van der Waals surface area contributed by atoms with Crippen molar-refractivity contribution in [2.24, 2.45) is 7.05 Å². The van der Waals surface area contributed by atoms with Crippen LogP contribution in [0.4, 0.5) is 0 Å². The maximum atomic E-state index is 11.9. The number of nitrogens with zero attached hydrogens (tertiary/aromatic N) is 3. The van der Waals surface area contributed by atoms with Crippen molar-refractivity contribution in [3.63, 3.8) is 0 Å². The number of morpholine rings is 1. The number of hydrogen-bond donors (Lipinski definition) is 1. The first-order valence-electron chi connectivity index (χ1n) is 6.44. The van der Waals surface area contributed by atoms with Gasteiger partial charge in [-0.25, -0.2) is 0 Å². The fourth-order valence-corrected chi connectivity index (χ4v) is 2.78. The van der Waals surface area contributed by atoms with Crippen LogP contribution in [0.25, 0.3) is 0 Å². The molecule has 0 unspecified atom stereocenters. The van der Waals surface area contributed by atoms with Gasteiger partial charge in [0.25, 0.3) is 5.91 Å². The molecule has 2 heterocycles. The van der Waals surface area contributed by atoms with Crippen molar-refractivity contribution in [1.29, 1.82) is 0 Å². The second-order valence-corrected chi connectivity index (χ2v) is 5.72. The molecule has 0 bridgehead atoms. The second kappa shape index (κ2) is 7.20. The van der Waals surface area contributed by atoms with Gasteiger partial charge in [-0.05, 0) is 35.6 Å². The lowest BCUT2D eigenvalue weighted by molar-refractivity contribution is 0.0374. The number of nitrogens with one attached hydrogen (secondary N) is 1. The van der Waals surface area contributed by atoms with Gasteiger partial charge in [-0.3, -0.25) is 14.4 Å². The number of carbonyl (C=O) groups excluding carboxylic acids is 1. The molecule has 0 aliphatic carbocycles. The van der Waals surface area contributed by atoms with Crippen LogP contribution in [0, 0.1) is 3.57 Å². The lowest BCUT2D eigenvalue weighted by atomic mass is 10.3. The van der Waals surface area contributed by atoms with Crippen molar-refractivity contribution < 1.29 is 9.53 Å². The highest BCUT2D eigenvalue weighted by Gasteiger charge is 2.14. The van der Waals surface area contributed by atoms with Gasteiger partial charge in [0.2, 0.25) is 0 Å².